The van der Waals surface area contributed by atoms with Crippen molar-refractivity contribution in [3.8, 4) is 23.1 Å². The monoisotopic (exact) mass is 482 g/mol. The molecule has 0 spiro atoms. The van der Waals surface area contributed by atoms with Gasteiger partial charge in [-0.3, -0.25) is 4.79 Å². The quantitative estimate of drug-likeness (QED) is 0.296. The lowest BCUT2D eigenvalue weighted by Crippen LogP contribution is -2.17. The molecule has 0 bridgehead atoms. The molecule has 4 rings (SSSR count). The van der Waals surface area contributed by atoms with Crippen LogP contribution in [-0.2, 0) is 16.6 Å². The van der Waals surface area contributed by atoms with Gasteiger partial charge in [0.15, 0.2) is 5.16 Å². The van der Waals surface area contributed by atoms with E-state index in [0.717, 1.165) is 11.8 Å². The Morgan fingerprint density at radius 2 is 1.91 bits per heavy atom. The summed E-state index contributed by atoms with van der Waals surface area (Å²) in [6, 6.07) is 12.3. The number of para-hydroxylation sites is 1. The molecule has 0 atom stereocenters. The van der Waals surface area contributed by atoms with Crippen molar-refractivity contribution >= 4 is 29.3 Å². The van der Waals surface area contributed by atoms with Crippen molar-refractivity contribution in [1.29, 1.82) is 0 Å². The first-order chi connectivity index (χ1) is 16.5. The maximum atomic E-state index is 13.1. The standard InChI is InChI=1S/C22H19FN6O4S/c1-3-32-21(31)15-6-4-5-7-16(15)24-17(30)12-34-22-27-26-19(29(22)2)20-25-18(28-33-20)13-8-10-14(23)11-9-13/h4-11H,3,12H2,1-2H3,(H,24,30). The molecule has 1 amide bonds. The summed E-state index contributed by atoms with van der Waals surface area (Å²) in [6.45, 7) is 1.94. The van der Waals surface area contributed by atoms with Crippen molar-refractivity contribution in [3.63, 3.8) is 0 Å². The SMILES string of the molecule is CCOC(=O)c1ccccc1NC(=O)CSc1nnc(-c2nc(-c3ccc(F)cc3)no2)n1C. The van der Waals surface area contributed by atoms with Crippen LogP contribution in [0.4, 0.5) is 10.1 Å². The van der Waals surface area contributed by atoms with E-state index in [9.17, 15) is 14.0 Å². The fourth-order valence-electron chi connectivity index (χ4n) is 2.95. The van der Waals surface area contributed by atoms with Gasteiger partial charge < -0.3 is 19.1 Å². The smallest absolute Gasteiger partial charge is 0.340 e. The van der Waals surface area contributed by atoms with Gasteiger partial charge in [-0.1, -0.05) is 29.1 Å². The Bertz CT molecular complexity index is 1320. The maximum Gasteiger partial charge on any atom is 0.340 e. The Hall–Kier alpha value is -4.06. The minimum absolute atomic E-state index is 0.0216. The summed E-state index contributed by atoms with van der Waals surface area (Å²) in [7, 11) is 1.70. The van der Waals surface area contributed by atoms with Gasteiger partial charge >= 0.3 is 5.97 Å². The second-order valence-electron chi connectivity index (χ2n) is 6.90. The normalized spacial score (nSPS) is 10.8. The molecule has 12 heteroatoms. The van der Waals surface area contributed by atoms with Crippen molar-refractivity contribution in [3.05, 3.63) is 59.9 Å². The number of aromatic nitrogens is 5. The second-order valence-corrected chi connectivity index (χ2v) is 7.84. The molecule has 0 unspecified atom stereocenters. The number of carbonyl (C=O) groups excluding carboxylic acids is 2. The Morgan fingerprint density at radius 1 is 1.15 bits per heavy atom. The minimum Gasteiger partial charge on any atom is -0.462 e. The highest BCUT2D eigenvalue weighted by Crippen LogP contribution is 2.25. The van der Waals surface area contributed by atoms with Crippen molar-refractivity contribution in [2.24, 2.45) is 7.05 Å². The predicted molar refractivity (Wildman–Crippen MR) is 121 cm³/mol. The number of rotatable bonds is 8. The molecule has 0 aliphatic rings. The van der Waals surface area contributed by atoms with Crippen LogP contribution in [0.3, 0.4) is 0 Å². The van der Waals surface area contributed by atoms with E-state index >= 15 is 0 Å². The number of nitrogens with one attached hydrogen (secondary N) is 1. The van der Waals surface area contributed by atoms with Gasteiger partial charge in [0.2, 0.25) is 17.6 Å². The summed E-state index contributed by atoms with van der Waals surface area (Å²) in [5.41, 5.74) is 1.23. The molecule has 2 aromatic carbocycles. The Kier molecular flexibility index (Phi) is 6.97. The zero-order chi connectivity index (χ0) is 24.1. The van der Waals surface area contributed by atoms with Gasteiger partial charge in [0, 0.05) is 12.6 Å². The first kappa shape index (κ1) is 23.1. The molecule has 0 saturated carbocycles. The minimum atomic E-state index is -0.511. The number of hydrogen-bond acceptors (Lipinski definition) is 9. The molecule has 0 saturated heterocycles. The molecule has 1 N–H and O–H groups in total. The molecular formula is C22H19FN6O4S. The molecule has 0 aliphatic heterocycles. The van der Waals surface area contributed by atoms with Gasteiger partial charge in [-0.25, -0.2) is 9.18 Å². The van der Waals surface area contributed by atoms with Crippen molar-refractivity contribution < 1.29 is 23.2 Å². The summed E-state index contributed by atoms with van der Waals surface area (Å²) in [5, 5.41) is 15.2. The average molecular weight is 482 g/mol. The summed E-state index contributed by atoms with van der Waals surface area (Å²) in [5.74, 6) is -0.451. The highest BCUT2D eigenvalue weighted by atomic mass is 32.2. The zero-order valence-electron chi connectivity index (χ0n) is 18.2. The van der Waals surface area contributed by atoms with E-state index in [4.69, 9.17) is 9.26 Å². The van der Waals surface area contributed by atoms with Crippen LogP contribution in [-0.4, -0.2) is 49.1 Å². The number of ether oxygens (including phenoxy) is 1. The lowest BCUT2D eigenvalue weighted by Gasteiger charge is -2.10. The van der Waals surface area contributed by atoms with Crippen LogP contribution in [0.1, 0.15) is 17.3 Å². The number of hydrogen-bond donors (Lipinski definition) is 1. The van der Waals surface area contributed by atoms with Gasteiger partial charge in [0.05, 0.1) is 23.6 Å². The van der Waals surface area contributed by atoms with E-state index in [0.29, 0.717) is 22.2 Å². The van der Waals surface area contributed by atoms with Gasteiger partial charge in [0.25, 0.3) is 5.89 Å². The molecule has 4 aromatic rings. The summed E-state index contributed by atoms with van der Waals surface area (Å²) >= 11 is 1.15. The van der Waals surface area contributed by atoms with Gasteiger partial charge in [0.1, 0.15) is 5.82 Å². The van der Waals surface area contributed by atoms with E-state index in [2.05, 4.69) is 25.7 Å². The van der Waals surface area contributed by atoms with Crippen molar-refractivity contribution in [1.82, 2.24) is 24.9 Å². The van der Waals surface area contributed by atoms with E-state index < -0.39 is 5.97 Å². The van der Waals surface area contributed by atoms with Crippen LogP contribution in [0.2, 0.25) is 0 Å². The van der Waals surface area contributed by atoms with Crippen LogP contribution in [0.5, 0.6) is 0 Å². The molecular weight excluding hydrogens is 463 g/mol. The van der Waals surface area contributed by atoms with Gasteiger partial charge in [-0.2, -0.15) is 4.98 Å². The van der Waals surface area contributed by atoms with Crippen LogP contribution < -0.4 is 5.32 Å². The topological polar surface area (TPSA) is 125 Å². The van der Waals surface area contributed by atoms with Crippen LogP contribution in [0.15, 0.2) is 58.2 Å². The zero-order valence-corrected chi connectivity index (χ0v) is 19.0. The number of anilines is 1. The van der Waals surface area contributed by atoms with Crippen LogP contribution in [0, 0.1) is 5.82 Å². The average Bonchev–Trinajstić information content (AvgIpc) is 3.45. The van der Waals surface area contributed by atoms with Gasteiger partial charge in [-0.15, -0.1) is 10.2 Å². The van der Waals surface area contributed by atoms with E-state index in [1.807, 2.05) is 0 Å². The molecule has 34 heavy (non-hydrogen) atoms. The van der Waals surface area contributed by atoms with Crippen LogP contribution in [0.25, 0.3) is 23.1 Å². The van der Waals surface area contributed by atoms with Crippen LogP contribution >= 0.6 is 11.8 Å². The third kappa shape index (κ3) is 5.12. The van der Waals surface area contributed by atoms with Gasteiger partial charge in [-0.05, 0) is 43.3 Å². The number of thioether (sulfide) groups is 1. The number of amides is 1. The highest BCUT2D eigenvalue weighted by molar-refractivity contribution is 7.99. The van der Waals surface area contributed by atoms with E-state index in [1.54, 1.807) is 54.9 Å². The summed E-state index contributed by atoms with van der Waals surface area (Å²) in [6.07, 6.45) is 0. The third-order valence-corrected chi connectivity index (χ3v) is 5.60. The lowest BCUT2D eigenvalue weighted by molar-refractivity contribution is -0.113. The molecule has 174 valence electrons. The number of nitrogens with zero attached hydrogens (tertiary/aromatic N) is 5. The highest BCUT2D eigenvalue weighted by Gasteiger charge is 2.20. The van der Waals surface area contributed by atoms with E-state index in [1.165, 1.54) is 12.1 Å². The molecule has 0 aliphatic carbocycles. The summed E-state index contributed by atoms with van der Waals surface area (Å²) in [4.78, 5) is 28.9. The number of carbonyl (C=O) groups is 2. The fourth-order valence-corrected chi connectivity index (χ4v) is 3.66. The molecule has 10 nitrogen and oxygen atoms in total. The first-order valence-electron chi connectivity index (χ1n) is 10.1. The number of esters is 1. The maximum absolute atomic E-state index is 13.1. The van der Waals surface area contributed by atoms with Crippen molar-refractivity contribution in [2.45, 2.75) is 12.1 Å². The molecule has 0 fully saturated rings. The largest absolute Gasteiger partial charge is 0.462 e. The molecule has 2 heterocycles. The second kappa shape index (κ2) is 10.3. The fraction of sp³-hybridized carbons (Fsp3) is 0.182. The summed E-state index contributed by atoms with van der Waals surface area (Å²) < 4.78 is 25.0. The molecule has 0 radical (unpaired) electrons. The third-order valence-electron chi connectivity index (χ3n) is 4.58. The number of benzene rings is 2. The molecule has 2 aromatic heterocycles. The Labute approximate surface area is 197 Å². The lowest BCUT2D eigenvalue weighted by atomic mass is 10.2. The predicted octanol–water partition coefficient (Wildman–Crippen LogP) is 3.58. The van der Waals surface area contributed by atoms with E-state index in [-0.39, 0.29) is 41.4 Å². The Balaban J connectivity index is 1.41. The Morgan fingerprint density at radius 3 is 2.68 bits per heavy atom. The first-order valence-corrected chi connectivity index (χ1v) is 11.1. The number of halogens is 1. The van der Waals surface area contributed by atoms with Crippen molar-refractivity contribution in [2.75, 3.05) is 17.7 Å².